The highest BCUT2D eigenvalue weighted by atomic mass is 15.2. The standard InChI is InChI=1S/C13H22N4/c1-10-15-11(14-4)8-12(16-10)17-7-5-6-13(2,3)9-17/h8H,5-7,9H2,1-4H3,(H,14,15,16). The fourth-order valence-corrected chi connectivity index (χ4v) is 2.46. The number of hydrogen-bond donors (Lipinski definition) is 1. The van der Waals surface area contributed by atoms with Crippen LogP contribution in [0.3, 0.4) is 0 Å². The Labute approximate surface area is 103 Å². The summed E-state index contributed by atoms with van der Waals surface area (Å²) in [5.41, 5.74) is 0.386. The maximum Gasteiger partial charge on any atom is 0.134 e. The molecule has 0 unspecified atom stereocenters. The maximum atomic E-state index is 4.55. The summed E-state index contributed by atoms with van der Waals surface area (Å²) in [6, 6.07) is 2.04. The van der Waals surface area contributed by atoms with Gasteiger partial charge < -0.3 is 10.2 Å². The third kappa shape index (κ3) is 2.87. The van der Waals surface area contributed by atoms with Gasteiger partial charge in [-0.2, -0.15) is 0 Å². The van der Waals surface area contributed by atoms with Crippen LogP contribution in [-0.4, -0.2) is 30.1 Å². The molecule has 2 heterocycles. The van der Waals surface area contributed by atoms with Crippen LogP contribution >= 0.6 is 0 Å². The zero-order valence-corrected chi connectivity index (χ0v) is 11.2. The van der Waals surface area contributed by atoms with E-state index in [9.17, 15) is 0 Å². The molecule has 0 radical (unpaired) electrons. The molecule has 1 aliphatic rings. The smallest absolute Gasteiger partial charge is 0.134 e. The van der Waals surface area contributed by atoms with Crippen LogP contribution in [0.1, 0.15) is 32.5 Å². The molecule has 1 aromatic rings. The molecule has 0 aliphatic carbocycles. The van der Waals surface area contributed by atoms with Crippen molar-refractivity contribution in [1.29, 1.82) is 0 Å². The van der Waals surface area contributed by atoms with Crippen LogP contribution in [0.15, 0.2) is 6.07 Å². The first-order chi connectivity index (χ1) is 8.00. The SMILES string of the molecule is CNc1cc(N2CCCC(C)(C)C2)nc(C)n1. The van der Waals surface area contributed by atoms with Gasteiger partial charge in [-0.05, 0) is 25.2 Å². The first-order valence-corrected chi connectivity index (χ1v) is 6.28. The summed E-state index contributed by atoms with van der Waals surface area (Å²) in [6.45, 7) is 8.77. The fourth-order valence-electron chi connectivity index (χ4n) is 2.46. The van der Waals surface area contributed by atoms with Gasteiger partial charge in [0.1, 0.15) is 17.5 Å². The van der Waals surface area contributed by atoms with E-state index in [4.69, 9.17) is 0 Å². The monoisotopic (exact) mass is 234 g/mol. The van der Waals surface area contributed by atoms with Gasteiger partial charge >= 0.3 is 0 Å². The summed E-state index contributed by atoms with van der Waals surface area (Å²) >= 11 is 0. The third-order valence-corrected chi connectivity index (χ3v) is 3.31. The highest BCUT2D eigenvalue weighted by Crippen LogP contribution is 2.31. The van der Waals surface area contributed by atoms with Crippen molar-refractivity contribution >= 4 is 11.6 Å². The Bertz CT molecular complexity index is 400. The Balaban J connectivity index is 2.24. The van der Waals surface area contributed by atoms with E-state index in [0.717, 1.165) is 30.5 Å². The summed E-state index contributed by atoms with van der Waals surface area (Å²) in [7, 11) is 1.89. The minimum absolute atomic E-state index is 0.386. The van der Waals surface area contributed by atoms with Gasteiger partial charge in [0.15, 0.2) is 0 Å². The number of aromatic nitrogens is 2. The lowest BCUT2D eigenvalue weighted by Gasteiger charge is -2.38. The summed E-state index contributed by atoms with van der Waals surface area (Å²) in [4.78, 5) is 11.3. The molecule has 0 bridgehead atoms. The average Bonchev–Trinajstić information content (AvgIpc) is 2.27. The van der Waals surface area contributed by atoms with E-state index in [1.807, 2.05) is 20.0 Å². The van der Waals surface area contributed by atoms with Crippen LogP contribution in [0.4, 0.5) is 11.6 Å². The number of hydrogen-bond acceptors (Lipinski definition) is 4. The highest BCUT2D eigenvalue weighted by Gasteiger charge is 2.27. The molecule has 0 amide bonds. The molecular formula is C13H22N4. The van der Waals surface area contributed by atoms with E-state index < -0.39 is 0 Å². The summed E-state index contributed by atoms with van der Waals surface area (Å²) < 4.78 is 0. The van der Waals surface area contributed by atoms with Crippen molar-refractivity contribution < 1.29 is 0 Å². The molecule has 1 fully saturated rings. The average molecular weight is 234 g/mol. The van der Waals surface area contributed by atoms with E-state index in [1.54, 1.807) is 0 Å². The predicted molar refractivity (Wildman–Crippen MR) is 71.5 cm³/mol. The second kappa shape index (κ2) is 4.51. The first kappa shape index (κ1) is 12.1. The lowest BCUT2D eigenvalue weighted by atomic mass is 9.84. The van der Waals surface area contributed by atoms with Gasteiger partial charge in [0.05, 0.1) is 0 Å². The number of nitrogens with zero attached hydrogens (tertiary/aromatic N) is 3. The summed E-state index contributed by atoms with van der Waals surface area (Å²) in [5, 5.41) is 3.09. The van der Waals surface area contributed by atoms with Crippen molar-refractivity contribution in [2.45, 2.75) is 33.6 Å². The van der Waals surface area contributed by atoms with E-state index in [1.165, 1.54) is 12.8 Å². The molecule has 4 nitrogen and oxygen atoms in total. The zero-order valence-electron chi connectivity index (χ0n) is 11.2. The molecule has 0 spiro atoms. The van der Waals surface area contributed by atoms with Crippen molar-refractivity contribution in [2.75, 3.05) is 30.4 Å². The first-order valence-electron chi connectivity index (χ1n) is 6.28. The third-order valence-electron chi connectivity index (χ3n) is 3.31. The molecule has 0 atom stereocenters. The Morgan fingerprint density at radius 3 is 2.76 bits per heavy atom. The molecule has 2 rings (SSSR count). The van der Waals surface area contributed by atoms with Crippen LogP contribution in [0.25, 0.3) is 0 Å². The van der Waals surface area contributed by atoms with Crippen LogP contribution in [0, 0.1) is 12.3 Å². The second-order valence-electron chi connectivity index (χ2n) is 5.60. The highest BCUT2D eigenvalue weighted by molar-refractivity contribution is 5.49. The number of nitrogens with one attached hydrogen (secondary N) is 1. The Morgan fingerprint density at radius 2 is 2.12 bits per heavy atom. The van der Waals surface area contributed by atoms with Gasteiger partial charge in [0, 0.05) is 26.2 Å². The van der Waals surface area contributed by atoms with Gasteiger partial charge in [0.25, 0.3) is 0 Å². The van der Waals surface area contributed by atoms with E-state index >= 15 is 0 Å². The van der Waals surface area contributed by atoms with Crippen molar-refractivity contribution in [3.05, 3.63) is 11.9 Å². The minimum atomic E-state index is 0.386. The van der Waals surface area contributed by atoms with E-state index in [0.29, 0.717) is 5.41 Å². The molecule has 1 aromatic heterocycles. The molecule has 0 aromatic carbocycles. The number of rotatable bonds is 2. The quantitative estimate of drug-likeness (QED) is 0.853. The largest absolute Gasteiger partial charge is 0.373 e. The fraction of sp³-hybridized carbons (Fsp3) is 0.692. The number of aryl methyl sites for hydroxylation is 1. The lowest BCUT2D eigenvalue weighted by molar-refractivity contribution is 0.292. The minimum Gasteiger partial charge on any atom is -0.373 e. The molecule has 1 aliphatic heterocycles. The van der Waals surface area contributed by atoms with Gasteiger partial charge in [0.2, 0.25) is 0 Å². The Hall–Kier alpha value is -1.32. The summed E-state index contributed by atoms with van der Waals surface area (Å²) in [5.74, 6) is 2.78. The molecule has 17 heavy (non-hydrogen) atoms. The van der Waals surface area contributed by atoms with E-state index in [2.05, 4.69) is 34.0 Å². The van der Waals surface area contributed by atoms with Crippen molar-refractivity contribution in [2.24, 2.45) is 5.41 Å². The van der Waals surface area contributed by atoms with Gasteiger partial charge in [-0.1, -0.05) is 13.8 Å². The number of piperidine rings is 1. The van der Waals surface area contributed by atoms with Crippen LogP contribution in [0.2, 0.25) is 0 Å². The van der Waals surface area contributed by atoms with Crippen molar-refractivity contribution in [3.8, 4) is 0 Å². The molecular weight excluding hydrogens is 212 g/mol. The summed E-state index contributed by atoms with van der Waals surface area (Å²) in [6.07, 6.45) is 2.54. The predicted octanol–water partition coefficient (Wildman–Crippen LogP) is 2.45. The van der Waals surface area contributed by atoms with Crippen LogP contribution in [-0.2, 0) is 0 Å². The van der Waals surface area contributed by atoms with Gasteiger partial charge in [-0.3, -0.25) is 0 Å². The second-order valence-corrected chi connectivity index (χ2v) is 5.60. The van der Waals surface area contributed by atoms with Crippen molar-refractivity contribution in [1.82, 2.24) is 9.97 Å². The molecule has 94 valence electrons. The number of anilines is 2. The molecule has 4 heteroatoms. The van der Waals surface area contributed by atoms with Crippen LogP contribution in [0.5, 0.6) is 0 Å². The van der Waals surface area contributed by atoms with Crippen molar-refractivity contribution in [3.63, 3.8) is 0 Å². The normalized spacial score (nSPS) is 19.2. The molecule has 0 saturated carbocycles. The Morgan fingerprint density at radius 1 is 1.35 bits per heavy atom. The Kier molecular flexibility index (Phi) is 3.22. The zero-order chi connectivity index (χ0) is 12.5. The lowest BCUT2D eigenvalue weighted by Crippen LogP contribution is -2.40. The molecule has 1 saturated heterocycles. The topological polar surface area (TPSA) is 41.0 Å². The maximum absolute atomic E-state index is 4.55. The molecule has 1 N–H and O–H groups in total. The van der Waals surface area contributed by atoms with E-state index in [-0.39, 0.29) is 0 Å². The van der Waals surface area contributed by atoms with Crippen LogP contribution < -0.4 is 10.2 Å². The van der Waals surface area contributed by atoms with Gasteiger partial charge in [-0.15, -0.1) is 0 Å². The van der Waals surface area contributed by atoms with Gasteiger partial charge in [-0.25, -0.2) is 9.97 Å².